The van der Waals surface area contributed by atoms with E-state index in [0.717, 1.165) is 10.6 Å². The van der Waals surface area contributed by atoms with E-state index in [-0.39, 0.29) is 5.69 Å². The number of aryl methyl sites for hydroxylation is 1. The van der Waals surface area contributed by atoms with Crippen molar-refractivity contribution >= 4 is 21.7 Å². The van der Waals surface area contributed by atoms with Gasteiger partial charge in [-0.25, -0.2) is 0 Å². The smallest absolute Gasteiger partial charge is 0.347 e. The number of Topliss-reactive ketones (excluding diaryl/α,β-unsaturated/α-hetero) is 1. The highest BCUT2D eigenvalue weighted by molar-refractivity contribution is 9.10. The van der Waals surface area contributed by atoms with E-state index >= 15 is 0 Å². The molecule has 0 aromatic carbocycles. The van der Waals surface area contributed by atoms with Gasteiger partial charge in [-0.05, 0) is 22.0 Å². The summed E-state index contributed by atoms with van der Waals surface area (Å²) >= 11 is 2.98. The van der Waals surface area contributed by atoms with Crippen molar-refractivity contribution in [2.24, 2.45) is 7.05 Å². The van der Waals surface area contributed by atoms with Crippen LogP contribution in [-0.4, -0.2) is 16.5 Å². The van der Waals surface area contributed by atoms with Crippen LogP contribution in [0.1, 0.15) is 10.5 Å². The van der Waals surface area contributed by atoms with Gasteiger partial charge in [-0.3, -0.25) is 4.79 Å². The minimum absolute atomic E-state index is 0.376. The second-order valence-corrected chi connectivity index (χ2v) is 3.40. The number of nitrogens with zero attached hydrogens (tertiary/aromatic N) is 1. The molecular weight excluding hydrogens is 251 g/mol. The number of hydrogen-bond acceptors (Lipinski definition) is 1. The van der Waals surface area contributed by atoms with Gasteiger partial charge in [0.25, 0.3) is 5.78 Å². The molecule has 0 unspecified atom stereocenters. The summed E-state index contributed by atoms with van der Waals surface area (Å²) in [6.07, 6.45) is -3.43. The molecule has 0 radical (unpaired) electrons. The first kappa shape index (κ1) is 10.3. The van der Waals surface area contributed by atoms with E-state index in [9.17, 15) is 18.0 Å². The Hall–Kier alpha value is -0.780. The summed E-state index contributed by atoms with van der Waals surface area (Å²) in [6.45, 7) is 0. The third-order valence-corrected chi connectivity index (χ3v) is 1.90. The molecule has 13 heavy (non-hydrogen) atoms. The molecular formula is C7H5BrF3NO. The first-order valence-electron chi connectivity index (χ1n) is 3.26. The lowest BCUT2D eigenvalue weighted by molar-refractivity contribution is -0.0890. The number of carbonyl (C=O) groups excluding carboxylic acids is 1. The van der Waals surface area contributed by atoms with Gasteiger partial charge in [0.1, 0.15) is 0 Å². The molecule has 0 fully saturated rings. The Morgan fingerprint density at radius 3 is 2.38 bits per heavy atom. The molecule has 0 amide bonds. The van der Waals surface area contributed by atoms with Crippen molar-refractivity contribution in [1.29, 1.82) is 0 Å². The summed E-state index contributed by atoms with van der Waals surface area (Å²) in [5.41, 5.74) is -0.376. The maximum atomic E-state index is 11.9. The van der Waals surface area contributed by atoms with Gasteiger partial charge in [0, 0.05) is 17.7 Å². The van der Waals surface area contributed by atoms with Crippen LogP contribution in [0.4, 0.5) is 13.2 Å². The standard InChI is InChI=1S/C7H5BrF3NO/c1-12-3-4(8)2-5(12)6(13)7(9,10)11/h2-3H,1H3. The zero-order valence-corrected chi connectivity index (χ0v) is 8.11. The molecule has 72 valence electrons. The molecule has 1 rings (SSSR count). The SMILES string of the molecule is Cn1cc(Br)cc1C(=O)C(F)(F)F. The Morgan fingerprint density at radius 1 is 1.54 bits per heavy atom. The first-order valence-corrected chi connectivity index (χ1v) is 4.05. The van der Waals surface area contributed by atoms with Gasteiger partial charge in [-0.15, -0.1) is 0 Å². The quantitative estimate of drug-likeness (QED) is 0.707. The number of alkyl halides is 3. The van der Waals surface area contributed by atoms with E-state index in [4.69, 9.17) is 0 Å². The third-order valence-electron chi connectivity index (χ3n) is 1.46. The highest BCUT2D eigenvalue weighted by Gasteiger charge is 2.40. The number of carbonyl (C=O) groups is 1. The Morgan fingerprint density at radius 2 is 2.08 bits per heavy atom. The van der Waals surface area contributed by atoms with Gasteiger partial charge >= 0.3 is 6.18 Å². The maximum absolute atomic E-state index is 11.9. The van der Waals surface area contributed by atoms with E-state index in [0.29, 0.717) is 4.47 Å². The molecule has 0 saturated carbocycles. The van der Waals surface area contributed by atoms with Crippen molar-refractivity contribution in [1.82, 2.24) is 4.57 Å². The molecule has 0 aliphatic carbocycles. The molecule has 1 heterocycles. The van der Waals surface area contributed by atoms with Crippen LogP contribution in [0.25, 0.3) is 0 Å². The van der Waals surface area contributed by atoms with Crippen LogP contribution in [0.3, 0.4) is 0 Å². The fourth-order valence-corrected chi connectivity index (χ4v) is 1.42. The molecule has 0 N–H and O–H groups in total. The average molecular weight is 256 g/mol. The van der Waals surface area contributed by atoms with Crippen molar-refractivity contribution < 1.29 is 18.0 Å². The van der Waals surface area contributed by atoms with Crippen molar-refractivity contribution in [3.8, 4) is 0 Å². The zero-order chi connectivity index (χ0) is 10.2. The normalized spacial score (nSPS) is 11.8. The van der Waals surface area contributed by atoms with Crippen LogP contribution < -0.4 is 0 Å². The minimum atomic E-state index is -4.81. The largest absolute Gasteiger partial charge is 0.456 e. The monoisotopic (exact) mass is 255 g/mol. The average Bonchev–Trinajstić information content (AvgIpc) is 2.26. The van der Waals surface area contributed by atoms with Crippen molar-refractivity contribution in [2.45, 2.75) is 6.18 Å². The highest BCUT2D eigenvalue weighted by Crippen LogP contribution is 2.23. The van der Waals surface area contributed by atoms with Crippen LogP contribution in [0.5, 0.6) is 0 Å². The lowest BCUT2D eigenvalue weighted by atomic mass is 10.3. The lowest BCUT2D eigenvalue weighted by Crippen LogP contribution is -2.24. The highest BCUT2D eigenvalue weighted by atomic mass is 79.9. The predicted octanol–water partition coefficient (Wildman–Crippen LogP) is 2.53. The van der Waals surface area contributed by atoms with Crippen molar-refractivity contribution in [3.05, 3.63) is 22.4 Å². The predicted molar refractivity (Wildman–Crippen MR) is 43.5 cm³/mol. The second-order valence-electron chi connectivity index (χ2n) is 2.48. The Labute approximate surface area is 80.5 Å². The van der Waals surface area contributed by atoms with Gasteiger partial charge in [0.2, 0.25) is 0 Å². The molecule has 0 aliphatic rings. The van der Waals surface area contributed by atoms with E-state index in [1.807, 2.05) is 0 Å². The number of rotatable bonds is 1. The van der Waals surface area contributed by atoms with Crippen LogP contribution in [0.15, 0.2) is 16.7 Å². The minimum Gasteiger partial charge on any atom is -0.347 e. The molecule has 0 aliphatic heterocycles. The number of hydrogen-bond donors (Lipinski definition) is 0. The lowest BCUT2D eigenvalue weighted by Gasteiger charge is -2.04. The molecule has 0 spiro atoms. The summed E-state index contributed by atoms with van der Waals surface area (Å²) in [5.74, 6) is -1.83. The molecule has 2 nitrogen and oxygen atoms in total. The first-order chi connectivity index (χ1) is 5.82. The fraction of sp³-hybridized carbons (Fsp3) is 0.286. The Bertz CT molecular complexity index is 342. The van der Waals surface area contributed by atoms with E-state index in [1.54, 1.807) is 0 Å². The number of ketones is 1. The van der Waals surface area contributed by atoms with E-state index in [2.05, 4.69) is 15.9 Å². The van der Waals surface area contributed by atoms with Crippen LogP contribution in [0, 0.1) is 0 Å². The number of aromatic nitrogens is 1. The topological polar surface area (TPSA) is 22.0 Å². The van der Waals surface area contributed by atoms with Gasteiger partial charge in [-0.2, -0.15) is 13.2 Å². The summed E-state index contributed by atoms with van der Waals surface area (Å²) < 4.78 is 37.4. The van der Waals surface area contributed by atoms with Crippen LogP contribution >= 0.6 is 15.9 Å². The summed E-state index contributed by atoms with van der Waals surface area (Å²) in [5, 5.41) is 0. The van der Waals surface area contributed by atoms with Crippen molar-refractivity contribution in [3.63, 3.8) is 0 Å². The van der Waals surface area contributed by atoms with Crippen molar-refractivity contribution in [2.75, 3.05) is 0 Å². The molecule has 1 aromatic heterocycles. The summed E-state index contributed by atoms with van der Waals surface area (Å²) in [6, 6.07) is 1.13. The Kier molecular flexibility index (Phi) is 2.51. The van der Waals surface area contributed by atoms with E-state index in [1.165, 1.54) is 13.2 Å². The molecule has 1 aromatic rings. The van der Waals surface area contributed by atoms with Gasteiger partial charge in [0.15, 0.2) is 0 Å². The van der Waals surface area contributed by atoms with Crippen LogP contribution in [0.2, 0.25) is 0 Å². The van der Waals surface area contributed by atoms with Crippen LogP contribution in [-0.2, 0) is 7.05 Å². The zero-order valence-electron chi connectivity index (χ0n) is 6.52. The molecule has 0 atom stereocenters. The Balaban J connectivity index is 3.09. The fourth-order valence-electron chi connectivity index (χ4n) is 0.895. The molecule has 0 bridgehead atoms. The molecule has 0 saturated heterocycles. The van der Waals surface area contributed by atoms with Gasteiger partial charge in [-0.1, -0.05) is 0 Å². The van der Waals surface area contributed by atoms with Gasteiger partial charge in [0.05, 0.1) is 5.69 Å². The van der Waals surface area contributed by atoms with Gasteiger partial charge < -0.3 is 4.57 Å². The number of halogens is 4. The van der Waals surface area contributed by atoms with E-state index < -0.39 is 12.0 Å². The third kappa shape index (κ3) is 2.12. The molecule has 6 heteroatoms. The summed E-state index contributed by atoms with van der Waals surface area (Å²) in [7, 11) is 1.38. The maximum Gasteiger partial charge on any atom is 0.456 e. The summed E-state index contributed by atoms with van der Waals surface area (Å²) in [4.78, 5) is 10.7. The second kappa shape index (κ2) is 3.17.